The van der Waals surface area contributed by atoms with Crippen LogP contribution in [-0.2, 0) is 10.0 Å². The Hall–Kier alpha value is -0.910. The van der Waals surface area contributed by atoms with Gasteiger partial charge in [0.25, 0.3) is 0 Å². The number of sulfonamides is 1. The average Bonchev–Trinajstić information content (AvgIpc) is 2.29. The molecule has 1 aliphatic heterocycles. The number of aryl methyl sites for hydroxylation is 1. The molecule has 0 amide bonds. The van der Waals surface area contributed by atoms with Gasteiger partial charge in [0.1, 0.15) is 0 Å². The van der Waals surface area contributed by atoms with E-state index in [1.807, 2.05) is 26.0 Å². The number of hydrogen-bond acceptors (Lipinski definition) is 3. The summed E-state index contributed by atoms with van der Waals surface area (Å²) >= 11 is 0. The molecule has 1 heterocycles. The number of rotatable bonds is 2. The van der Waals surface area contributed by atoms with Gasteiger partial charge in [-0.05, 0) is 25.5 Å². The lowest BCUT2D eigenvalue weighted by Gasteiger charge is -2.31. The molecule has 4 nitrogen and oxygen atoms in total. The summed E-state index contributed by atoms with van der Waals surface area (Å²) in [5.74, 6) is 0. The predicted molar refractivity (Wildman–Crippen MR) is 67.4 cm³/mol. The number of nitrogens with zero attached hydrogens (tertiary/aromatic N) is 1. The smallest absolute Gasteiger partial charge is 0.243 e. The van der Waals surface area contributed by atoms with Crippen LogP contribution in [0.2, 0.25) is 0 Å². The van der Waals surface area contributed by atoms with E-state index in [-0.39, 0.29) is 6.04 Å². The highest BCUT2D eigenvalue weighted by Gasteiger charge is 2.29. The first kappa shape index (κ1) is 12.5. The van der Waals surface area contributed by atoms with Gasteiger partial charge < -0.3 is 5.32 Å². The molecule has 1 saturated heterocycles. The summed E-state index contributed by atoms with van der Waals surface area (Å²) in [5.41, 5.74) is 0.804. The summed E-state index contributed by atoms with van der Waals surface area (Å²) in [4.78, 5) is 0.425. The fourth-order valence-corrected chi connectivity index (χ4v) is 3.86. The first-order chi connectivity index (χ1) is 8.01. The van der Waals surface area contributed by atoms with E-state index in [0.29, 0.717) is 24.5 Å². The van der Waals surface area contributed by atoms with Crippen molar-refractivity contribution in [3.63, 3.8) is 0 Å². The van der Waals surface area contributed by atoms with Crippen LogP contribution in [0.4, 0.5) is 0 Å². The van der Waals surface area contributed by atoms with E-state index in [0.717, 1.165) is 5.56 Å². The molecular formula is C12H18N2O2S. The van der Waals surface area contributed by atoms with Crippen LogP contribution in [0.25, 0.3) is 0 Å². The van der Waals surface area contributed by atoms with Gasteiger partial charge in [-0.25, -0.2) is 8.42 Å². The van der Waals surface area contributed by atoms with Crippen molar-refractivity contribution in [1.29, 1.82) is 0 Å². The van der Waals surface area contributed by atoms with E-state index < -0.39 is 10.0 Å². The summed E-state index contributed by atoms with van der Waals surface area (Å²) in [5, 5.41) is 3.24. The third kappa shape index (κ3) is 2.51. The van der Waals surface area contributed by atoms with Gasteiger partial charge in [-0.15, -0.1) is 0 Å². The topological polar surface area (TPSA) is 49.4 Å². The third-order valence-corrected chi connectivity index (χ3v) is 5.07. The van der Waals surface area contributed by atoms with Crippen molar-refractivity contribution < 1.29 is 8.42 Å². The molecule has 1 N–H and O–H groups in total. The Labute approximate surface area is 103 Å². The van der Waals surface area contributed by atoms with Gasteiger partial charge in [0.15, 0.2) is 0 Å². The number of hydrogen-bond donors (Lipinski definition) is 1. The summed E-state index contributed by atoms with van der Waals surface area (Å²) in [6.07, 6.45) is 0. The number of benzene rings is 1. The van der Waals surface area contributed by atoms with Crippen molar-refractivity contribution in [2.24, 2.45) is 0 Å². The maximum atomic E-state index is 12.5. The second kappa shape index (κ2) is 4.76. The monoisotopic (exact) mass is 254 g/mol. The van der Waals surface area contributed by atoms with Gasteiger partial charge in [-0.2, -0.15) is 4.31 Å². The Morgan fingerprint density at radius 1 is 1.35 bits per heavy atom. The normalized spacial score (nSPS) is 22.6. The van der Waals surface area contributed by atoms with E-state index in [4.69, 9.17) is 0 Å². The summed E-state index contributed by atoms with van der Waals surface area (Å²) in [6.45, 7) is 5.63. The van der Waals surface area contributed by atoms with Crippen molar-refractivity contribution in [2.45, 2.75) is 24.8 Å². The molecule has 0 aromatic heterocycles. The average molecular weight is 254 g/mol. The van der Waals surface area contributed by atoms with Crippen LogP contribution in [0.5, 0.6) is 0 Å². The van der Waals surface area contributed by atoms with E-state index in [9.17, 15) is 8.42 Å². The minimum Gasteiger partial charge on any atom is -0.312 e. The molecule has 0 bridgehead atoms. The largest absolute Gasteiger partial charge is 0.312 e. The first-order valence-corrected chi connectivity index (χ1v) is 7.25. The predicted octanol–water partition coefficient (Wildman–Crippen LogP) is 0.977. The molecule has 0 aliphatic carbocycles. The molecule has 1 atom stereocenters. The molecule has 0 radical (unpaired) electrons. The van der Waals surface area contributed by atoms with Crippen molar-refractivity contribution >= 4 is 10.0 Å². The Kier molecular flexibility index (Phi) is 3.51. The number of piperazine rings is 1. The molecule has 94 valence electrons. The van der Waals surface area contributed by atoms with Crippen molar-refractivity contribution in [2.75, 3.05) is 19.6 Å². The van der Waals surface area contributed by atoms with Gasteiger partial charge in [0, 0.05) is 25.7 Å². The zero-order chi connectivity index (χ0) is 12.5. The lowest BCUT2D eigenvalue weighted by Crippen LogP contribution is -2.51. The lowest BCUT2D eigenvalue weighted by atomic mass is 10.2. The summed E-state index contributed by atoms with van der Waals surface area (Å²) < 4.78 is 26.5. The molecule has 17 heavy (non-hydrogen) atoms. The fourth-order valence-electron chi connectivity index (χ4n) is 2.10. The molecule has 0 unspecified atom stereocenters. The SMILES string of the molecule is Cc1ccccc1S(=O)(=O)N1CCN[C@@H](C)C1. The molecular weight excluding hydrogens is 236 g/mol. The Morgan fingerprint density at radius 3 is 2.71 bits per heavy atom. The van der Waals surface area contributed by atoms with Crippen LogP contribution in [0, 0.1) is 6.92 Å². The quantitative estimate of drug-likeness (QED) is 0.856. The first-order valence-electron chi connectivity index (χ1n) is 5.81. The second-order valence-electron chi connectivity index (χ2n) is 4.48. The van der Waals surface area contributed by atoms with Crippen LogP contribution in [0.1, 0.15) is 12.5 Å². The van der Waals surface area contributed by atoms with Gasteiger partial charge in [0.2, 0.25) is 10.0 Å². The zero-order valence-electron chi connectivity index (χ0n) is 10.2. The van der Waals surface area contributed by atoms with Crippen LogP contribution in [-0.4, -0.2) is 38.4 Å². The molecule has 1 aromatic carbocycles. The van der Waals surface area contributed by atoms with Crippen molar-refractivity contribution in [1.82, 2.24) is 9.62 Å². The van der Waals surface area contributed by atoms with Gasteiger partial charge in [0.05, 0.1) is 4.90 Å². The van der Waals surface area contributed by atoms with Crippen LogP contribution in [0.15, 0.2) is 29.2 Å². The Morgan fingerprint density at radius 2 is 2.06 bits per heavy atom. The van der Waals surface area contributed by atoms with Gasteiger partial charge in [-0.1, -0.05) is 18.2 Å². The highest BCUT2D eigenvalue weighted by Crippen LogP contribution is 2.20. The minimum atomic E-state index is -3.33. The maximum absolute atomic E-state index is 12.5. The minimum absolute atomic E-state index is 0.211. The van der Waals surface area contributed by atoms with Crippen molar-refractivity contribution in [3.05, 3.63) is 29.8 Å². The molecule has 1 aromatic rings. The highest BCUT2D eigenvalue weighted by molar-refractivity contribution is 7.89. The summed E-state index contributed by atoms with van der Waals surface area (Å²) in [7, 11) is -3.33. The molecule has 0 spiro atoms. The van der Waals surface area contributed by atoms with Crippen LogP contribution >= 0.6 is 0 Å². The molecule has 5 heteroatoms. The van der Waals surface area contributed by atoms with Gasteiger partial charge >= 0.3 is 0 Å². The maximum Gasteiger partial charge on any atom is 0.243 e. The van der Waals surface area contributed by atoms with E-state index in [1.165, 1.54) is 0 Å². The fraction of sp³-hybridized carbons (Fsp3) is 0.500. The van der Waals surface area contributed by atoms with Crippen molar-refractivity contribution in [3.8, 4) is 0 Å². The highest BCUT2D eigenvalue weighted by atomic mass is 32.2. The Bertz CT molecular complexity index is 499. The van der Waals surface area contributed by atoms with E-state index >= 15 is 0 Å². The third-order valence-electron chi connectivity index (χ3n) is 3.04. The second-order valence-corrected chi connectivity index (χ2v) is 6.39. The number of nitrogens with one attached hydrogen (secondary N) is 1. The van der Waals surface area contributed by atoms with E-state index in [2.05, 4.69) is 5.32 Å². The zero-order valence-corrected chi connectivity index (χ0v) is 11.0. The van der Waals surface area contributed by atoms with Crippen LogP contribution < -0.4 is 5.32 Å². The summed E-state index contributed by atoms with van der Waals surface area (Å²) in [6, 6.07) is 7.35. The molecule has 1 aliphatic rings. The van der Waals surface area contributed by atoms with Crippen LogP contribution in [0.3, 0.4) is 0 Å². The molecule has 1 fully saturated rings. The molecule has 0 saturated carbocycles. The van der Waals surface area contributed by atoms with Gasteiger partial charge in [-0.3, -0.25) is 0 Å². The van der Waals surface area contributed by atoms with E-state index in [1.54, 1.807) is 16.4 Å². The Balaban J connectivity index is 2.33. The molecule has 2 rings (SSSR count). The lowest BCUT2D eigenvalue weighted by molar-refractivity contribution is 0.310. The standard InChI is InChI=1S/C12H18N2O2S/c1-10-5-3-4-6-12(10)17(15,16)14-8-7-13-11(2)9-14/h3-6,11,13H,7-9H2,1-2H3/t11-/m0/s1.